The lowest BCUT2D eigenvalue weighted by atomic mass is 10.2. The van der Waals surface area contributed by atoms with Crippen LogP contribution in [0.2, 0.25) is 0 Å². The number of hydrogen-bond acceptors (Lipinski definition) is 3. The summed E-state index contributed by atoms with van der Waals surface area (Å²) in [5.41, 5.74) is 0.973. The maximum atomic E-state index is 11.9. The normalized spacial score (nSPS) is 9.95. The predicted molar refractivity (Wildman–Crippen MR) is 75.2 cm³/mol. The van der Waals surface area contributed by atoms with E-state index in [0.717, 1.165) is 0 Å². The van der Waals surface area contributed by atoms with Crippen molar-refractivity contribution >= 4 is 33.2 Å². The Bertz CT molecular complexity index is 629. The summed E-state index contributed by atoms with van der Waals surface area (Å²) in [6.07, 6.45) is 0. The van der Waals surface area contributed by atoms with Gasteiger partial charge in [-0.15, -0.1) is 0 Å². The first-order chi connectivity index (χ1) is 9.08. The highest BCUT2D eigenvalue weighted by molar-refractivity contribution is 9.10. The minimum absolute atomic E-state index is 0.0438. The van der Waals surface area contributed by atoms with Crippen LogP contribution in [0.1, 0.15) is 10.4 Å². The van der Waals surface area contributed by atoms with Crippen LogP contribution in [0.3, 0.4) is 0 Å². The van der Waals surface area contributed by atoms with Gasteiger partial charge in [-0.2, -0.15) is 0 Å². The van der Waals surface area contributed by atoms with E-state index in [1.165, 1.54) is 18.2 Å². The van der Waals surface area contributed by atoms with E-state index in [4.69, 9.17) is 0 Å². The van der Waals surface area contributed by atoms with Crippen LogP contribution in [-0.2, 0) is 0 Å². The zero-order valence-electron chi connectivity index (χ0n) is 9.67. The Hall–Kier alpha value is -2.21. The van der Waals surface area contributed by atoms with Crippen molar-refractivity contribution < 1.29 is 9.72 Å². The van der Waals surface area contributed by atoms with E-state index in [9.17, 15) is 14.9 Å². The molecule has 0 fully saturated rings. The van der Waals surface area contributed by atoms with E-state index in [-0.39, 0.29) is 11.6 Å². The van der Waals surface area contributed by atoms with Crippen molar-refractivity contribution in [3.05, 3.63) is 68.7 Å². The summed E-state index contributed by atoms with van der Waals surface area (Å²) in [7, 11) is 0. The highest BCUT2D eigenvalue weighted by atomic mass is 79.9. The number of carbonyl (C=O) groups is 1. The van der Waals surface area contributed by atoms with Gasteiger partial charge in [0, 0.05) is 17.3 Å². The van der Waals surface area contributed by atoms with E-state index in [1.807, 2.05) is 6.07 Å². The molecule has 0 unspecified atom stereocenters. The summed E-state index contributed by atoms with van der Waals surface area (Å²) < 4.78 is 0.323. The third-order valence-electron chi connectivity index (χ3n) is 2.44. The Morgan fingerprint density at radius 3 is 2.42 bits per heavy atom. The van der Waals surface area contributed by atoms with Gasteiger partial charge in [0.25, 0.3) is 11.6 Å². The van der Waals surface area contributed by atoms with Crippen LogP contribution in [0.5, 0.6) is 0 Å². The number of benzene rings is 2. The van der Waals surface area contributed by atoms with Gasteiger partial charge in [-0.25, -0.2) is 0 Å². The summed E-state index contributed by atoms with van der Waals surface area (Å²) in [5, 5.41) is 13.3. The molecule has 19 heavy (non-hydrogen) atoms. The third-order valence-corrected chi connectivity index (χ3v) is 3.07. The monoisotopic (exact) mass is 320 g/mol. The van der Waals surface area contributed by atoms with Crippen LogP contribution >= 0.6 is 15.9 Å². The molecule has 0 radical (unpaired) electrons. The minimum Gasteiger partial charge on any atom is -0.322 e. The Labute approximate surface area is 117 Å². The average Bonchev–Trinajstić information content (AvgIpc) is 2.39. The molecule has 5 nitrogen and oxygen atoms in total. The van der Waals surface area contributed by atoms with Crippen LogP contribution in [0, 0.1) is 10.1 Å². The van der Waals surface area contributed by atoms with Crippen molar-refractivity contribution in [1.29, 1.82) is 0 Å². The topological polar surface area (TPSA) is 72.2 Å². The van der Waals surface area contributed by atoms with Gasteiger partial charge in [-0.05, 0) is 40.2 Å². The zero-order valence-corrected chi connectivity index (χ0v) is 11.3. The fraction of sp³-hybridized carbons (Fsp3) is 0. The number of rotatable bonds is 3. The molecule has 1 amide bonds. The summed E-state index contributed by atoms with van der Waals surface area (Å²) in [4.78, 5) is 22.1. The fourth-order valence-electron chi connectivity index (χ4n) is 1.53. The van der Waals surface area contributed by atoms with E-state index in [0.29, 0.717) is 15.7 Å². The Balaban J connectivity index is 2.19. The maximum Gasteiger partial charge on any atom is 0.283 e. The molecular weight excluding hydrogens is 312 g/mol. The van der Waals surface area contributed by atoms with E-state index in [1.54, 1.807) is 24.3 Å². The predicted octanol–water partition coefficient (Wildman–Crippen LogP) is 3.61. The van der Waals surface area contributed by atoms with E-state index < -0.39 is 4.92 Å². The van der Waals surface area contributed by atoms with Crippen LogP contribution in [-0.4, -0.2) is 10.8 Å². The molecule has 2 aromatic rings. The number of nitrogens with zero attached hydrogens (tertiary/aromatic N) is 1. The average molecular weight is 321 g/mol. The standard InChI is InChI=1S/C13H9BrN2O3/c14-11-8-10(6-7-12(11)16(18)19)15-13(17)9-4-2-1-3-5-9/h1-8H,(H,15,17). The van der Waals surface area contributed by atoms with Gasteiger partial charge in [0.1, 0.15) is 0 Å². The molecule has 0 aliphatic rings. The van der Waals surface area contributed by atoms with Gasteiger partial charge in [-0.1, -0.05) is 18.2 Å². The highest BCUT2D eigenvalue weighted by Gasteiger charge is 2.13. The minimum atomic E-state index is -0.493. The molecule has 0 aliphatic heterocycles. The summed E-state index contributed by atoms with van der Waals surface area (Å²) >= 11 is 3.10. The number of nitro benzene ring substituents is 1. The number of amides is 1. The summed E-state index contributed by atoms with van der Waals surface area (Å²) in [6, 6.07) is 13.1. The van der Waals surface area contributed by atoms with Crippen LogP contribution < -0.4 is 5.32 Å². The summed E-state index contributed by atoms with van der Waals surface area (Å²) in [5.74, 6) is -0.263. The van der Waals surface area contributed by atoms with Crippen molar-refractivity contribution in [1.82, 2.24) is 0 Å². The van der Waals surface area contributed by atoms with Crippen LogP contribution in [0.4, 0.5) is 11.4 Å². The number of carbonyl (C=O) groups excluding carboxylic acids is 1. The Kier molecular flexibility index (Phi) is 3.91. The van der Waals surface area contributed by atoms with Gasteiger partial charge >= 0.3 is 0 Å². The molecule has 0 bridgehead atoms. The molecular formula is C13H9BrN2O3. The molecule has 96 valence electrons. The number of anilines is 1. The lowest BCUT2D eigenvalue weighted by molar-refractivity contribution is -0.385. The second kappa shape index (κ2) is 5.62. The molecule has 2 aromatic carbocycles. The largest absolute Gasteiger partial charge is 0.322 e. The first-order valence-corrected chi connectivity index (χ1v) is 6.17. The third kappa shape index (κ3) is 3.17. The molecule has 0 atom stereocenters. The molecule has 0 saturated carbocycles. The van der Waals surface area contributed by atoms with Gasteiger partial charge in [-0.3, -0.25) is 14.9 Å². The van der Waals surface area contributed by atoms with Gasteiger partial charge in [0.05, 0.1) is 9.40 Å². The SMILES string of the molecule is O=C(Nc1ccc([N+](=O)[O-])c(Br)c1)c1ccccc1. The lowest BCUT2D eigenvalue weighted by Crippen LogP contribution is -2.11. The number of halogens is 1. The van der Waals surface area contributed by atoms with Gasteiger partial charge in [0.2, 0.25) is 0 Å². The molecule has 0 saturated heterocycles. The Morgan fingerprint density at radius 1 is 1.16 bits per heavy atom. The van der Waals surface area contributed by atoms with Crippen molar-refractivity contribution in [3.8, 4) is 0 Å². The van der Waals surface area contributed by atoms with Crippen LogP contribution in [0.25, 0.3) is 0 Å². The van der Waals surface area contributed by atoms with Crippen molar-refractivity contribution in [3.63, 3.8) is 0 Å². The number of nitro groups is 1. The smallest absolute Gasteiger partial charge is 0.283 e. The van der Waals surface area contributed by atoms with Crippen LogP contribution in [0.15, 0.2) is 53.0 Å². The second-order valence-corrected chi connectivity index (χ2v) is 4.60. The molecule has 1 N–H and O–H groups in total. The first kappa shape index (κ1) is 13.2. The highest BCUT2D eigenvalue weighted by Crippen LogP contribution is 2.27. The molecule has 6 heteroatoms. The molecule has 2 rings (SSSR count). The second-order valence-electron chi connectivity index (χ2n) is 3.74. The molecule has 0 aromatic heterocycles. The van der Waals surface area contributed by atoms with Crippen molar-refractivity contribution in [2.24, 2.45) is 0 Å². The Morgan fingerprint density at radius 2 is 1.84 bits per heavy atom. The molecule has 0 spiro atoms. The molecule has 0 heterocycles. The van der Waals surface area contributed by atoms with Crippen molar-refractivity contribution in [2.75, 3.05) is 5.32 Å². The fourth-order valence-corrected chi connectivity index (χ4v) is 2.05. The lowest BCUT2D eigenvalue weighted by Gasteiger charge is -2.05. The summed E-state index contributed by atoms with van der Waals surface area (Å²) in [6.45, 7) is 0. The van der Waals surface area contributed by atoms with E-state index in [2.05, 4.69) is 21.2 Å². The van der Waals surface area contributed by atoms with Gasteiger partial charge in [0.15, 0.2) is 0 Å². The quantitative estimate of drug-likeness (QED) is 0.693. The molecule has 0 aliphatic carbocycles. The number of nitrogens with one attached hydrogen (secondary N) is 1. The zero-order chi connectivity index (χ0) is 13.8. The maximum absolute atomic E-state index is 11.9. The van der Waals surface area contributed by atoms with Crippen molar-refractivity contribution in [2.45, 2.75) is 0 Å². The first-order valence-electron chi connectivity index (χ1n) is 5.38. The van der Waals surface area contributed by atoms with Gasteiger partial charge < -0.3 is 5.32 Å². The number of hydrogen-bond donors (Lipinski definition) is 1. The van der Waals surface area contributed by atoms with E-state index >= 15 is 0 Å².